The maximum Gasteiger partial charge on any atom is 4.00 e. The van der Waals surface area contributed by atoms with Gasteiger partial charge < -0.3 is 148 Å². The largest absolute Gasteiger partial charge is 4.00 e. The van der Waals surface area contributed by atoms with Crippen molar-refractivity contribution in [2.75, 3.05) is 26.4 Å². The number of rotatable bonds is 20. The molecular formula is C24H47NO28Zr. The molecule has 0 aromatic carbocycles. The molecule has 0 bridgehead atoms. The van der Waals surface area contributed by atoms with Gasteiger partial charge in [-0.05, 0) is 0 Å². The van der Waals surface area contributed by atoms with Crippen molar-refractivity contribution in [3.05, 3.63) is 0 Å². The predicted molar refractivity (Wildman–Crippen MR) is 150 cm³/mol. The van der Waals surface area contributed by atoms with E-state index >= 15 is 0 Å². The number of aliphatic hydroxyl groups excluding tert-OH is 20. The van der Waals surface area contributed by atoms with E-state index in [0.29, 0.717) is 0 Å². The van der Waals surface area contributed by atoms with Gasteiger partial charge in [-0.2, -0.15) is 0 Å². The van der Waals surface area contributed by atoms with E-state index in [2.05, 4.69) is 0 Å². The number of carbonyl (C=O) groups excluding carboxylic acids is 4. The molecule has 0 saturated carbocycles. The van der Waals surface area contributed by atoms with Gasteiger partial charge in [-0.3, -0.25) is 0 Å². The Balaban J connectivity index is -0.000000140. The minimum absolute atomic E-state index is 0. The van der Waals surface area contributed by atoms with Crippen LogP contribution in [0.4, 0.5) is 0 Å². The van der Waals surface area contributed by atoms with Crippen LogP contribution in [0.1, 0.15) is 0 Å². The molecule has 0 aromatic heterocycles. The molecule has 0 fully saturated rings. The fourth-order valence-corrected chi connectivity index (χ4v) is 2.65. The summed E-state index contributed by atoms with van der Waals surface area (Å²) >= 11 is 0. The molecule has 0 unspecified atom stereocenters. The van der Waals surface area contributed by atoms with Crippen molar-refractivity contribution in [2.45, 2.75) is 97.7 Å². The summed E-state index contributed by atoms with van der Waals surface area (Å²) in [7, 11) is 0. The Labute approximate surface area is 321 Å². The van der Waals surface area contributed by atoms with E-state index in [4.69, 9.17) is 102 Å². The second-order valence-corrected chi connectivity index (χ2v) is 9.98. The molecule has 54 heavy (non-hydrogen) atoms. The summed E-state index contributed by atoms with van der Waals surface area (Å²) in [5.74, 6) is -7.90. The summed E-state index contributed by atoms with van der Waals surface area (Å²) in [4.78, 5) is 39.9. The van der Waals surface area contributed by atoms with Gasteiger partial charge in [0.2, 0.25) is 0 Å². The Morgan fingerprint density at radius 2 is 0.426 bits per heavy atom. The van der Waals surface area contributed by atoms with Gasteiger partial charge in [0.05, 0.1) is 50.3 Å². The van der Waals surface area contributed by atoms with E-state index in [1.54, 1.807) is 0 Å². The molecule has 29 nitrogen and oxygen atoms in total. The molecule has 0 aliphatic heterocycles. The Kier molecular flexibility index (Phi) is 39.1. The van der Waals surface area contributed by atoms with Gasteiger partial charge in [-0.1, -0.05) is 0 Å². The summed E-state index contributed by atoms with van der Waals surface area (Å²) in [5, 5.41) is 214. The van der Waals surface area contributed by atoms with Crippen LogP contribution in [0.3, 0.4) is 0 Å². The Morgan fingerprint density at radius 3 is 0.500 bits per heavy atom. The molecule has 0 spiro atoms. The minimum Gasteiger partial charge on any atom is -0.547 e. The smallest absolute Gasteiger partial charge is 0.547 e. The van der Waals surface area contributed by atoms with Crippen LogP contribution in [0.15, 0.2) is 0 Å². The van der Waals surface area contributed by atoms with E-state index in [1.165, 1.54) is 0 Å². The third-order valence-electron chi connectivity index (χ3n) is 5.98. The normalized spacial score (nSPS) is 19.6. The third kappa shape index (κ3) is 24.4. The summed E-state index contributed by atoms with van der Waals surface area (Å²) in [5.41, 5.74) is 0. The van der Waals surface area contributed by atoms with Gasteiger partial charge >= 0.3 is 26.2 Å². The molecule has 23 N–H and O–H groups in total. The van der Waals surface area contributed by atoms with E-state index < -0.39 is 148 Å². The van der Waals surface area contributed by atoms with Crippen molar-refractivity contribution >= 4 is 23.9 Å². The Bertz CT molecular complexity index is 848. The van der Waals surface area contributed by atoms with Crippen LogP contribution in [-0.4, -0.2) is 250 Å². The van der Waals surface area contributed by atoms with Crippen molar-refractivity contribution in [2.24, 2.45) is 0 Å². The molecule has 0 rings (SSSR count). The number of carbonyl (C=O) groups is 4. The third-order valence-corrected chi connectivity index (χ3v) is 5.98. The molecule has 0 aliphatic rings. The zero-order valence-corrected chi connectivity index (χ0v) is 29.9. The fraction of sp³-hybridized carbons (Fsp3) is 0.833. The first-order valence-electron chi connectivity index (χ1n) is 13.8. The number of aliphatic hydroxyl groups is 20. The van der Waals surface area contributed by atoms with Crippen LogP contribution in [0.5, 0.6) is 0 Å². The van der Waals surface area contributed by atoms with Crippen molar-refractivity contribution in [3.63, 3.8) is 0 Å². The second kappa shape index (κ2) is 33.1. The first kappa shape index (κ1) is 63.8. The standard InChI is InChI=1S/4C6H12O7.H3N.Zr/c4*7-1-2(8)3(9)4(10)5(11)6(12)13;;/h4*2-5,7-11H,1H2,(H,12,13);1H3;/q;;;;;+4/p-4/t4*2-,3-,4+,5-;;/m1111../s1. The Morgan fingerprint density at radius 1 is 0.315 bits per heavy atom. The SMILES string of the molecule is N.O=C([O-])[C@H](O)[C@@H](O)[C@H](O)[C@H](O)CO.O=C([O-])[C@H](O)[C@@H](O)[C@H](O)[C@H](O)CO.O=C([O-])[C@H](O)[C@@H](O)[C@H](O)[C@H](O)CO.O=C([O-])[C@H](O)[C@@H](O)[C@H](O)[C@H](O)CO.[Zr+4]. The van der Waals surface area contributed by atoms with E-state index in [-0.39, 0.29) is 32.4 Å². The van der Waals surface area contributed by atoms with Crippen molar-refractivity contribution in [1.29, 1.82) is 0 Å². The van der Waals surface area contributed by atoms with Gasteiger partial charge in [-0.25, -0.2) is 0 Å². The monoisotopic (exact) mass is 887 g/mol. The van der Waals surface area contributed by atoms with Crippen LogP contribution < -0.4 is 26.6 Å². The second-order valence-electron chi connectivity index (χ2n) is 9.98. The van der Waals surface area contributed by atoms with Crippen LogP contribution in [0, 0.1) is 0 Å². The zero-order chi connectivity index (χ0) is 42.4. The number of carboxylic acids is 4. The van der Waals surface area contributed by atoms with Crippen LogP contribution >= 0.6 is 0 Å². The maximum atomic E-state index is 9.98. The fourth-order valence-electron chi connectivity index (χ4n) is 2.65. The molecule has 0 radical (unpaired) electrons. The minimum atomic E-state index is -2.31. The van der Waals surface area contributed by atoms with Crippen LogP contribution in [0.25, 0.3) is 0 Å². The zero-order valence-electron chi connectivity index (χ0n) is 27.5. The number of aliphatic carboxylic acids is 4. The first-order chi connectivity index (χ1) is 23.7. The predicted octanol–water partition coefficient (Wildman–Crippen LogP) is -19.2. The average Bonchev–Trinajstić information content (AvgIpc) is 3.12. The Hall–Kier alpha value is -2.08. The summed E-state index contributed by atoms with van der Waals surface area (Å²) < 4.78 is 0. The number of carboxylic acid groups (broad SMARTS) is 4. The van der Waals surface area contributed by atoms with Gasteiger partial charge in [0.25, 0.3) is 0 Å². The van der Waals surface area contributed by atoms with Crippen molar-refractivity contribution in [1.82, 2.24) is 6.15 Å². The summed E-state index contributed by atoms with van der Waals surface area (Å²) in [6.45, 7) is -3.45. The number of hydrogen-bond donors (Lipinski definition) is 21. The van der Waals surface area contributed by atoms with E-state index in [0.717, 1.165) is 0 Å². The van der Waals surface area contributed by atoms with Gasteiger partial charge in [0.15, 0.2) is 0 Å². The molecule has 0 aliphatic carbocycles. The van der Waals surface area contributed by atoms with Crippen LogP contribution in [-0.2, 0) is 45.4 Å². The van der Waals surface area contributed by atoms with Crippen molar-refractivity contribution in [3.8, 4) is 0 Å². The quantitative estimate of drug-likeness (QED) is 0.0539. The van der Waals surface area contributed by atoms with Gasteiger partial charge in [0.1, 0.15) is 97.7 Å². The summed E-state index contributed by atoms with van der Waals surface area (Å²) in [6.07, 6.45) is -32.3. The molecule has 30 heteroatoms. The molecule has 0 aromatic rings. The first-order valence-corrected chi connectivity index (χ1v) is 13.8. The molecule has 0 heterocycles. The van der Waals surface area contributed by atoms with Crippen LogP contribution in [0.2, 0.25) is 0 Å². The molecular weight excluding hydrogens is 841 g/mol. The molecule has 0 amide bonds. The van der Waals surface area contributed by atoms with E-state index in [9.17, 15) is 39.6 Å². The molecule has 320 valence electrons. The van der Waals surface area contributed by atoms with Gasteiger partial charge in [0, 0.05) is 0 Å². The number of hydrogen-bond acceptors (Lipinski definition) is 29. The topological polar surface area (TPSA) is 600 Å². The maximum absolute atomic E-state index is 9.98. The van der Waals surface area contributed by atoms with E-state index in [1.807, 2.05) is 0 Å². The molecule has 16 atom stereocenters. The van der Waals surface area contributed by atoms with Gasteiger partial charge in [-0.15, -0.1) is 0 Å². The average molecular weight is 889 g/mol. The molecule has 0 saturated heterocycles. The van der Waals surface area contributed by atoms with Crippen molar-refractivity contribution < 1.29 is 168 Å². The summed E-state index contributed by atoms with van der Waals surface area (Å²) in [6, 6.07) is 0.